The highest BCUT2D eigenvalue weighted by atomic mass is 16.6. The third-order valence-corrected chi connectivity index (χ3v) is 12.0. The second kappa shape index (κ2) is 58.4. The highest BCUT2D eigenvalue weighted by Gasteiger charge is 2.19. The standard InChI is InChI=1S/C65H106O6/c1-4-7-10-13-15-17-19-21-23-25-26-27-28-29-30-31-32-33-34-35-36-37-38-40-41-43-45-47-49-52-55-58-64(67)70-61-62(60-69-63(66)57-54-51-12-9-6-3)71-65(68)59-56-53-50-48-46-44-42-39-24-22-20-18-16-14-11-8-5-2/h7,10,15-18,21-24,26-27,29-30,32-33,35-36,38,40,62H,4-6,8-9,11-14,19-20,25,28,31,34,37,39,41-61H2,1-3H3/b10-7-,17-15-,18-16-,23-21-,24-22-,27-26-,30-29-,33-32-,36-35-,40-38-. The van der Waals surface area contributed by atoms with Crippen LogP contribution < -0.4 is 0 Å². The average molecular weight is 984 g/mol. The summed E-state index contributed by atoms with van der Waals surface area (Å²) < 4.78 is 16.7. The number of hydrogen-bond acceptors (Lipinski definition) is 6. The van der Waals surface area contributed by atoms with E-state index in [1.165, 1.54) is 70.6 Å². The molecule has 0 aliphatic rings. The Morgan fingerprint density at radius 1 is 0.296 bits per heavy atom. The van der Waals surface area contributed by atoms with Crippen LogP contribution in [0.3, 0.4) is 0 Å². The molecule has 0 saturated heterocycles. The average Bonchev–Trinajstić information content (AvgIpc) is 3.37. The number of hydrogen-bond donors (Lipinski definition) is 0. The minimum Gasteiger partial charge on any atom is -0.462 e. The van der Waals surface area contributed by atoms with Crippen molar-refractivity contribution in [2.24, 2.45) is 0 Å². The molecule has 0 amide bonds. The Hall–Kier alpha value is -4.19. The second-order valence-electron chi connectivity index (χ2n) is 18.8. The summed E-state index contributed by atoms with van der Waals surface area (Å²) in [7, 11) is 0. The molecule has 0 radical (unpaired) electrons. The quantitative estimate of drug-likeness (QED) is 0.0261. The zero-order chi connectivity index (χ0) is 51.4. The fourth-order valence-electron chi connectivity index (χ4n) is 7.60. The number of ether oxygens (including phenoxy) is 3. The van der Waals surface area contributed by atoms with Gasteiger partial charge in [-0.1, -0.05) is 239 Å². The van der Waals surface area contributed by atoms with Crippen LogP contribution in [-0.4, -0.2) is 37.2 Å². The van der Waals surface area contributed by atoms with Gasteiger partial charge in [-0.15, -0.1) is 0 Å². The van der Waals surface area contributed by atoms with Crippen LogP contribution in [0.5, 0.6) is 0 Å². The summed E-state index contributed by atoms with van der Waals surface area (Å²) in [5, 5.41) is 0. The van der Waals surface area contributed by atoms with Crippen LogP contribution in [0.15, 0.2) is 122 Å². The first-order chi connectivity index (χ1) is 35.0. The van der Waals surface area contributed by atoms with Crippen LogP contribution in [0, 0.1) is 0 Å². The lowest BCUT2D eigenvalue weighted by molar-refractivity contribution is -0.167. The summed E-state index contributed by atoms with van der Waals surface area (Å²) in [6.45, 7) is 6.39. The van der Waals surface area contributed by atoms with Crippen molar-refractivity contribution in [2.45, 2.75) is 258 Å². The first-order valence-electron chi connectivity index (χ1n) is 29.0. The van der Waals surface area contributed by atoms with E-state index in [0.717, 1.165) is 141 Å². The predicted molar refractivity (Wildman–Crippen MR) is 306 cm³/mol. The lowest BCUT2D eigenvalue weighted by atomic mass is 10.1. The molecule has 0 spiro atoms. The van der Waals surface area contributed by atoms with Gasteiger partial charge in [0.05, 0.1) is 0 Å². The summed E-state index contributed by atoms with van der Waals surface area (Å²) in [5.41, 5.74) is 0. The molecule has 6 heteroatoms. The first kappa shape index (κ1) is 66.8. The SMILES string of the molecule is CC/C=C\C/C=C\C/C=C\C/C=C\C/C=C\C/C=C\C/C=C\C/C=C\CCCCCCCCC(=O)OCC(COC(=O)CCCCCCC)OC(=O)CCCCCCCCC/C=C\C/C=C\CCCCC. The summed E-state index contributed by atoms with van der Waals surface area (Å²) in [5.74, 6) is -0.928. The van der Waals surface area contributed by atoms with Crippen LogP contribution in [0.25, 0.3) is 0 Å². The van der Waals surface area contributed by atoms with Gasteiger partial charge in [-0.2, -0.15) is 0 Å². The van der Waals surface area contributed by atoms with E-state index in [2.05, 4.69) is 142 Å². The molecular weight excluding hydrogens is 877 g/mol. The Morgan fingerprint density at radius 2 is 0.549 bits per heavy atom. The van der Waals surface area contributed by atoms with Crippen molar-refractivity contribution in [2.75, 3.05) is 13.2 Å². The maximum atomic E-state index is 12.8. The summed E-state index contributed by atoms with van der Waals surface area (Å²) in [4.78, 5) is 37.8. The van der Waals surface area contributed by atoms with E-state index in [0.29, 0.717) is 19.3 Å². The lowest BCUT2D eigenvalue weighted by Crippen LogP contribution is -2.30. The Bertz CT molecular complexity index is 1500. The fraction of sp³-hybridized carbons (Fsp3) is 0.646. The fourth-order valence-corrected chi connectivity index (χ4v) is 7.60. The van der Waals surface area contributed by atoms with Crippen LogP contribution >= 0.6 is 0 Å². The monoisotopic (exact) mass is 983 g/mol. The molecule has 0 rings (SSSR count). The van der Waals surface area contributed by atoms with Gasteiger partial charge in [0.1, 0.15) is 13.2 Å². The van der Waals surface area contributed by atoms with Gasteiger partial charge in [0.25, 0.3) is 0 Å². The number of carbonyl (C=O) groups excluding carboxylic acids is 3. The highest BCUT2D eigenvalue weighted by molar-refractivity contribution is 5.71. The molecule has 0 saturated carbocycles. The van der Waals surface area contributed by atoms with Crippen molar-refractivity contribution in [3.05, 3.63) is 122 Å². The topological polar surface area (TPSA) is 78.9 Å². The van der Waals surface area contributed by atoms with E-state index in [4.69, 9.17) is 14.2 Å². The maximum absolute atomic E-state index is 12.8. The molecule has 0 aromatic carbocycles. The van der Waals surface area contributed by atoms with E-state index in [9.17, 15) is 14.4 Å². The normalized spacial score (nSPS) is 13.0. The van der Waals surface area contributed by atoms with E-state index < -0.39 is 6.10 Å². The molecule has 0 N–H and O–H groups in total. The number of esters is 3. The van der Waals surface area contributed by atoms with Crippen molar-refractivity contribution in [1.82, 2.24) is 0 Å². The minimum atomic E-state index is -0.787. The molecule has 0 aliphatic carbocycles. The molecule has 0 fully saturated rings. The van der Waals surface area contributed by atoms with Gasteiger partial charge < -0.3 is 14.2 Å². The Morgan fingerprint density at radius 3 is 0.887 bits per heavy atom. The summed E-state index contributed by atoms with van der Waals surface area (Å²) in [6.07, 6.45) is 80.9. The number of allylic oxidation sites excluding steroid dienone is 20. The van der Waals surface area contributed by atoms with Gasteiger partial charge in [-0.25, -0.2) is 0 Å². The van der Waals surface area contributed by atoms with E-state index in [1.54, 1.807) is 0 Å². The van der Waals surface area contributed by atoms with Crippen LogP contribution in [-0.2, 0) is 28.6 Å². The molecule has 6 nitrogen and oxygen atoms in total. The third-order valence-electron chi connectivity index (χ3n) is 12.0. The van der Waals surface area contributed by atoms with Gasteiger partial charge in [-0.3, -0.25) is 14.4 Å². The first-order valence-corrected chi connectivity index (χ1v) is 29.0. The zero-order valence-corrected chi connectivity index (χ0v) is 45.9. The molecule has 402 valence electrons. The van der Waals surface area contributed by atoms with Crippen molar-refractivity contribution in [1.29, 1.82) is 0 Å². The Kier molecular flexibility index (Phi) is 54.9. The van der Waals surface area contributed by atoms with E-state index in [-0.39, 0.29) is 31.1 Å². The van der Waals surface area contributed by atoms with Crippen molar-refractivity contribution < 1.29 is 28.6 Å². The molecule has 1 atom stereocenters. The molecule has 0 aliphatic heterocycles. The van der Waals surface area contributed by atoms with E-state index in [1.807, 2.05) is 0 Å². The largest absolute Gasteiger partial charge is 0.462 e. The second-order valence-corrected chi connectivity index (χ2v) is 18.8. The molecule has 0 aromatic rings. The minimum absolute atomic E-state index is 0.0886. The molecule has 71 heavy (non-hydrogen) atoms. The van der Waals surface area contributed by atoms with Gasteiger partial charge >= 0.3 is 17.9 Å². The Balaban J connectivity index is 4.14. The highest BCUT2D eigenvalue weighted by Crippen LogP contribution is 2.14. The van der Waals surface area contributed by atoms with Gasteiger partial charge in [-0.05, 0) is 116 Å². The van der Waals surface area contributed by atoms with Gasteiger partial charge in [0, 0.05) is 19.3 Å². The lowest BCUT2D eigenvalue weighted by Gasteiger charge is -2.18. The predicted octanol–water partition coefficient (Wildman–Crippen LogP) is 19.6. The van der Waals surface area contributed by atoms with Crippen molar-refractivity contribution in [3.8, 4) is 0 Å². The van der Waals surface area contributed by atoms with Crippen molar-refractivity contribution in [3.63, 3.8) is 0 Å². The van der Waals surface area contributed by atoms with Crippen LogP contribution in [0.1, 0.15) is 252 Å². The van der Waals surface area contributed by atoms with E-state index >= 15 is 0 Å². The van der Waals surface area contributed by atoms with Crippen molar-refractivity contribution >= 4 is 17.9 Å². The zero-order valence-electron chi connectivity index (χ0n) is 45.9. The summed E-state index contributed by atoms with van der Waals surface area (Å²) >= 11 is 0. The van der Waals surface area contributed by atoms with Crippen LogP contribution in [0.2, 0.25) is 0 Å². The molecule has 0 aromatic heterocycles. The smallest absolute Gasteiger partial charge is 0.306 e. The maximum Gasteiger partial charge on any atom is 0.306 e. The number of carbonyl (C=O) groups is 3. The van der Waals surface area contributed by atoms with Crippen LogP contribution in [0.4, 0.5) is 0 Å². The molecular formula is C65H106O6. The number of rotatable bonds is 51. The van der Waals surface area contributed by atoms with Gasteiger partial charge in [0.2, 0.25) is 0 Å². The molecule has 1 unspecified atom stereocenters. The summed E-state index contributed by atoms with van der Waals surface area (Å²) in [6, 6.07) is 0. The third kappa shape index (κ3) is 56.6. The Labute approximate surface area is 437 Å². The molecule has 0 bridgehead atoms. The molecule has 0 heterocycles. The number of unbranched alkanes of at least 4 members (excludes halogenated alkanes) is 20. The van der Waals surface area contributed by atoms with Gasteiger partial charge in [0.15, 0.2) is 6.10 Å².